The number of ether oxygens (including phenoxy) is 2. The topological polar surface area (TPSA) is 59.6 Å². The van der Waals surface area contributed by atoms with E-state index in [1.54, 1.807) is 12.1 Å². The molecule has 2 aromatic rings. The number of amides is 2. The summed E-state index contributed by atoms with van der Waals surface area (Å²) < 4.78 is 10.5. The van der Waals surface area contributed by atoms with Crippen molar-refractivity contribution < 1.29 is 14.3 Å². The average Bonchev–Trinajstić information content (AvgIpc) is 3.43. The molecule has 5 nitrogen and oxygen atoms in total. The second-order valence-corrected chi connectivity index (χ2v) is 6.55. The van der Waals surface area contributed by atoms with Gasteiger partial charge >= 0.3 is 6.03 Å². The summed E-state index contributed by atoms with van der Waals surface area (Å²) >= 11 is 6.08. The van der Waals surface area contributed by atoms with Gasteiger partial charge in [-0.1, -0.05) is 41.9 Å². The highest BCUT2D eigenvalue weighted by Gasteiger charge is 2.44. The van der Waals surface area contributed by atoms with Crippen LogP contribution < -0.4 is 20.1 Å². The monoisotopic (exact) mass is 360 g/mol. The summed E-state index contributed by atoms with van der Waals surface area (Å²) in [6, 6.07) is 13.2. The van der Waals surface area contributed by atoms with Crippen LogP contribution in [0.15, 0.2) is 42.5 Å². The van der Waals surface area contributed by atoms with E-state index in [0.717, 1.165) is 12.8 Å². The lowest BCUT2D eigenvalue weighted by atomic mass is 9.96. The van der Waals surface area contributed by atoms with Crippen LogP contribution in [0.2, 0.25) is 5.02 Å². The highest BCUT2D eigenvalue weighted by molar-refractivity contribution is 6.32. The third-order valence-electron chi connectivity index (χ3n) is 4.55. The van der Waals surface area contributed by atoms with Gasteiger partial charge in [0.2, 0.25) is 0 Å². The van der Waals surface area contributed by atoms with Crippen LogP contribution in [-0.2, 0) is 5.41 Å². The number of hydrogen-bond acceptors (Lipinski definition) is 3. The minimum absolute atomic E-state index is 0.0559. The zero-order valence-corrected chi connectivity index (χ0v) is 15.0. The van der Waals surface area contributed by atoms with Crippen LogP contribution in [0.25, 0.3) is 0 Å². The van der Waals surface area contributed by atoms with E-state index in [-0.39, 0.29) is 11.4 Å². The van der Waals surface area contributed by atoms with Crippen LogP contribution in [0.1, 0.15) is 18.4 Å². The number of rotatable bonds is 6. The van der Waals surface area contributed by atoms with Crippen molar-refractivity contribution in [3.05, 3.63) is 53.1 Å². The number of urea groups is 1. The number of anilines is 1. The molecule has 0 unspecified atom stereocenters. The summed E-state index contributed by atoms with van der Waals surface area (Å²) in [6.07, 6.45) is 2.16. The molecule has 0 saturated heterocycles. The fourth-order valence-corrected chi connectivity index (χ4v) is 3.12. The van der Waals surface area contributed by atoms with Crippen molar-refractivity contribution in [2.75, 3.05) is 26.1 Å². The van der Waals surface area contributed by atoms with Crippen LogP contribution in [0.3, 0.4) is 0 Å². The minimum atomic E-state index is -0.287. The number of methoxy groups -OCH3 is 2. The van der Waals surface area contributed by atoms with E-state index in [1.165, 1.54) is 19.8 Å². The number of carbonyl (C=O) groups excluding carboxylic acids is 1. The Bertz CT molecular complexity index is 761. The molecule has 2 aromatic carbocycles. The molecule has 1 aliphatic rings. The first-order chi connectivity index (χ1) is 12.1. The van der Waals surface area contributed by atoms with E-state index < -0.39 is 0 Å². The van der Waals surface area contributed by atoms with Crippen molar-refractivity contribution in [2.45, 2.75) is 18.3 Å². The molecule has 1 aliphatic carbocycles. The molecule has 1 saturated carbocycles. The molecule has 0 bridgehead atoms. The van der Waals surface area contributed by atoms with Crippen LogP contribution in [-0.4, -0.2) is 26.8 Å². The predicted molar refractivity (Wildman–Crippen MR) is 98.9 cm³/mol. The number of carbonyl (C=O) groups is 1. The number of benzene rings is 2. The summed E-state index contributed by atoms with van der Waals surface area (Å²) in [5, 5.41) is 6.18. The summed E-state index contributed by atoms with van der Waals surface area (Å²) in [4.78, 5) is 12.3. The smallest absolute Gasteiger partial charge is 0.319 e. The van der Waals surface area contributed by atoms with E-state index in [2.05, 4.69) is 22.8 Å². The van der Waals surface area contributed by atoms with Gasteiger partial charge in [-0.25, -0.2) is 4.79 Å². The van der Waals surface area contributed by atoms with Gasteiger partial charge in [0.25, 0.3) is 0 Å². The molecule has 0 atom stereocenters. The van der Waals surface area contributed by atoms with E-state index in [0.29, 0.717) is 28.8 Å². The lowest BCUT2D eigenvalue weighted by Crippen LogP contribution is -2.35. The fraction of sp³-hybridized carbons (Fsp3) is 0.316. The van der Waals surface area contributed by atoms with Crippen molar-refractivity contribution in [3.8, 4) is 11.5 Å². The number of hydrogen-bond donors (Lipinski definition) is 2. The maximum Gasteiger partial charge on any atom is 0.319 e. The van der Waals surface area contributed by atoms with E-state index in [4.69, 9.17) is 21.1 Å². The Labute approximate surface area is 152 Å². The molecule has 2 amide bonds. The lowest BCUT2D eigenvalue weighted by Gasteiger charge is -2.18. The summed E-state index contributed by atoms with van der Waals surface area (Å²) in [6.45, 7) is 0.593. The van der Waals surface area contributed by atoms with Crippen molar-refractivity contribution in [1.82, 2.24) is 5.32 Å². The Morgan fingerprint density at radius 1 is 1.12 bits per heavy atom. The van der Waals surface area contributed by atoms with Crippen molar-refractivity contribution >= 4 is 23.3 Å². The normalized spacial score (nSPS) is 14.5. The SMILES string of the molecule is COc1cc(NC(=O)NCC2(c3ccccc3)CC2)c(OC)cc1Cl. The predicted octanol–water partition coefficient (Wildman–Crippen LogP) is 4.21. The van der Waals surface area contributed by atoms with Gasteiger partial charge in [-0.05, 0) is 18.4 Å². The summed E-state index contributed by atoms with van der Waals surface area (Å²) in [5.74, 6) is 0.950. The lowest BCUT2D eigenvalue weighted by molar-refractivity contribution is 0.251. The minimum Gasteiger partial charge on any atom is -0.495 e. The van der Waals surface area contributed by atoms with Crippen molar-refractivity contribution in [2.24, 2.45) is 0 Å². The van der Waals surface area contributed by atoms with Gasteiger partial charge in [-0.15, -0.1) is 0 Å². The highest BCUT2D eigenvalue weighted by atomic mass is 35.5. The Morgan fingerprint density at radius 3 is 2.40 bits per heavy atom. The first-order valence-electron chi connectivity index (χ1n) is 8.10. The molecule has 0 heterocycles. The number of halogens is 1. The Balaban J connectivity index is 1.65. The van der Waals surface area contributed by atoms with Gasteiger partial charge in [-0.3, -0.25) is 0 Å². The molecule has 0 radical (unpaired) electrons. The molecular weight excluding hydrogens is 340 g/mol. The van der Waals surface area contributed by atoms with Crippen molar-refractivity contribution in [3.63, 3.8) is 0 Å². The zero-order chi connectivity index (χ0) is 17.9. The molecule has 0 aliphatic heterocycles. The van der Waals surface area contributed by atoms with Crippen LogP contribution in [0.4, 0.5) is 10.5 Å². The Morgan fingerprint density at radius 2 is 1.80 bits per heavy atom. The summed E-state index contributed by atoms with van der Waals surface area (Å²) in [7, 11) is 3.05. The second-order valence-electron chi connectivity index (χ2n) is 6.14. The molecule has 6 heteroatoms. The zero-order valence-electron chi connectivity index (χ0n) is 14.3. The fourth-order valence-electron chi connectivity index (χ4n) is 2.88. The van der Waals surface area contributed by atoms with Gasteiger partial charge in [0, 0.05) is 24.1 Å². The van der Waals surface area contributed by atoms with E-state index in [1.807, 2.05) is 18.2 Å². The molecule has 2 N–H and O–H groups in total. The van der Waals surface area contributed by atoms with Gasteiger partial charge in [0.05, 0.1) is 24.9 Å². The third-order valence-corrected chi connectivity index (χ3v) is 4.84. The molecule has 132 valence electrons. The quantitative estimate of drug-likeness (QED) is 0.811. The third kappa shape index (κ3) is 3.82. The molecular formula is C19H21ClN2O3. The highest BCUT2D eigenvalue weighted by Crippen LogP contribution is 2.47. The van der Waals surface area contributed by atoms with Gasteiger partial charge in [-0.2, -0.15) is 0 Å². The second kappa shape index (κ2) is 7.23. The summed E-state index contributed by atoms with van der Waals surface area (Å²) in [5.41, 5.74) is 1.83. The molecule has 3 rings (SSSR count). The van der Waals surface area contributed by atoms with Gasteiger partial charge in [0.15, 0.2) is 0 Å². The van der Waals surface area contributed by atoms with Gasteiger partial charge < -0.3 is 20.1 Å². The Hall–Kier alpha value is -2.40. The standard InChI is InChI=1S/C19H21ClN2O3/c1-24-16-11-15(17(25-2)10-14(16)20)22-18(23)21-12-19(8-9-19)13-6-4-3-5-7-13/h3-7,10-11H,8-9,12H2,1-2H3,(H2,21,22,23). The first kappa shape index (κ1) is 17.4. The molecule has 0 spiro atoms. The Kier molecular flexibility index (Phi) is 5.04. The molecule has 0 aromatic heterocycles. The molecule has 25 heavy (non-hydrogen) atoms. The van der Waals surface area contributed by atoms with E-state index >= 15 is 0 Å². The molecule has 1 fully saturated rings. The van der Waals surface area contributed by atoms with E-state index in [9.17, 15) is 4.79 Å². The van der Waals surface area contributed by atoms with Crippen LogP contribution >= 0.6 is 11.6 Å². The largest absolute Gasteiger partial charge is 0.495 e. The number of nitrogens with one attached hydrogen (secondary N) is 2. The van der Waals surface area contributed by atoms with Gasteiger partial charge in [0.1, 0.15) is 11.5 Å². The van der Waals surface area contributed by atoms with Crippen molar-refractivity contribution in [1.29, 1.82) is 0 Å². The maximum absolute atomic E-state index is 12.3. The maximum atomic E-state index is 12.3. The van der Waals surface area contributed by atoms with Crippen LogP contribution in [0, 0.1) is 0 Å². The first-order valence-corrected chi connectivity index (χ1v) is 8.48. The average molecular weight is 361 g/mol. The van der Waals surface area contributed by atoms with Crippen LogP contribution in [0.5, 0.6) is 11.5 Å².